The molecule has 202 valence electrons. The summed E-state index contributed by atoms with van der Waals surface area (Å²) < 4.78 is 0. The lowest BCUT2D eigenvalue weighted by Crippen LogP contribution is -2.49. The van der Waals surface area contributed by atoms with E-state index in [9.17, 15) is 0 Å². The van der Waals surface area contributed by atoms with Crippen molar-refractivity contribution in [3.63, 3.8) is 0 Å². The van der Waals surface area contributed by atoms with Gasteiger partial charge in [0.15, 0.2) is 0 Å². The third-order valence-electron chi connectivity index (χ3n) is 12.6. The average Bonchev–Trinajstić information content (AvgIpc) is 3.32. The number of unbranched alkanes of at least 4 members (excludes halogenated alkanes) is 4. The van der Waals surface area contributed by atoms with E-state index in [1.54, 1.807) is 89.9 Å². The zero-order valence-corrected chi connectivity index (χ0v) is 24.1. The zero-order valence-electron chi connectivity index (χ0n) is 24.1. The molecule has 0 nitrogen and oxygen atoms in total. The average molecular weight is 483 g/mol. The Morgan fingerprint density at radius 2 is 1.23 bits per heavy atom. The summed E-state index contributed by atoms with van der Waals surface area (Å²) in [5, 5.41) is 0. The van der Waals surface area contributed by atoms with Gasteiger partial charge < -0.3 is 0 Å². The smallest absolute Gasteiger partial charge is 0.0261 e. The van der Waals surface area contributed by atoms with E-state index < -0.39 is 0 Å². The topological polar surface area (TPSA) is 0 Å². The molecule has 0 aromatic heterocycles. The fourth-order valence-electron chi connectivity index (χ4n) is 11.0. The third kappa shape index (κ3) is 6.91. The van der Waals surface area contributed by atoms with E-state index in [0.29, 0.717) is 0 Å². The number of rotatable bonds is 10. The van der Waals surface area contributed by atoms with Crippen molar-refractivity contribution in [3.05, 3.63) is 0 Å². The van der Waals surface area contributed by atoms with Crippen LogP contribution >= 0.6 is 0 Å². The van der Waals surface area contributed by atoms with Gasteiger partial charge in [-0.2, -0.15) is 0 Å². The monoisotopic (exact) mass is 482 g/mol. The molecule has 6 rings (SSSR count). The van der Waals surface area contributed by atoms with Gasteiger partial charge in [0, 0.05) is 0 Å². The van der Waals surface area contributed by atoms with Crippen molar-refractivity contribution >= 4 is 0 Å². The molecule has 0 heterocycles. The fraction of sp³-hybridized carbons (Fsp3) is 1.00. The van der Waals surface area contributed by atoms with Gasteiger partial charge in [0.1, 0.15) is 0 Å². The quantitative estimate of drug-likeness (QED) is 0.271. The zero-order chi connectivity index (χ0) is 24.1. The Hall–Kier alpha value is 0. The molecule has 0 aromatic carbocycles. The van der Waals surface area contributed by atoms with Gasteiger partial charge in [0.25, 0.3) is 0 Å². The minimum atomic E-state index is 0.829. The maximum atomic E-state index is 2.65. The van der Waals surface area contributed by atoms with Crippen LogP contribution in [0.3, 0.4) is 0 Å². The molecule has 5 unspecified atom stereocenters. The van der Waals surface area contributed by atoms with Crippen LogP contribution < -0.4 is 0 Å². The summed E-state index contributed by atoms with van der Waals surface area (Å²) in [6.07, 6.45) is 37.4. The van der Waals surface area contributed by atoms with E-state index in [-0.39, 0.29) is 0 Å². The lowest BCUT2D eigenvalue weighted by Gasteiger charge is -2.59. The first-order valence-corrected chi connectivity index (χ1v) is 17.1. The van der Waals surface area contributed by atoms with Crippen LogP contribution in [0.2, 0.25) is 0 Å². The molecular weight excluding hydrogens is 420 g/mol. The second kappa shape index (κ2) is 12.7. The van der Waals surface area contributed by atoms with Gasteiger partial charge in [-0.3, -0.25) is 0 Å². The molecule has 6 aliphatic rings. The summed E-state index contributed by atoms with van der Waals surface area (Å²) in [5.41, 5.74) is 0.829. The van der Waals surface area contributed by atoms with Crippen molar-refractivity contribution in [2.24, 2.45) is 52.8 Å². The third-order valence-corrected chi connectivity index (χ3v) is 12.6. The van der Waals surface area contributed by atoms with Gasteiger partial charge in [-0.25, -0.2) is 0 Å². The molecule has 0 spiro atoms. The standard InChI is InChI=1S/C35H62/c1-3-4-5-6-10-13-28-14-11-8-7-9-12-27(2)33(22-28)17-15-29-16-18-34(23-29)35-24-30-19-31(25-35)21-32(20-30)26-35/h27-34H,3-26H2,1-2H3. The van der Waals surface area contributed by atoms with Gasteiger partial charge in [0.2, 0.25) is 0 Å². The first kappa shape index (κ1) is 26.6. The molecule has 5 atom stereocenters. The molecule has 6 aliphatic carbocycles. The molecule has 0 radical (unpaired) electrons. The largest absolute Gasteiger partial charge is 0.0654 e. The number of hydrogen-bond acceptors (Lipinski definition) is 0. The minimum absolute atomic E-state index is 0.829. The van der Waals surface area contributed by atoms with Crippen molar-refractivity contribution in [3.8, 4) is 0 Å². The summed E-state index contributed by atoms with van der Waals surface area (Å²) in [6.45, 7) is 5.00. The molecule has 35 heavy (non-hydrogen) atoms. The van der Waals surface area contributed by atoms with Gasteiger partial charge in [0.05, 0.1) is 0 Å². The molecule has 0 aromatic rings. The summed E-state index contributed by atoms with van der Waals surface area (Å²) in [4.78, 5) is 0. The molecule has 0 heteroatoms. The lowest BCUT2D eigenvalue weighted by atomic mass is 9.46. The molecule has 4 bridgehead atoms. The Balaban J connectivity index is 1.12. The van der Waals surface area contributed by atoms with E-state index in [0.717, 1.165) is 52.8 Å². The maximum Gasteiger partial charge on any atom is -0.0261 e. The molecular formula is C35H62. The summed E-state index contributed by atoms with van der Waals surface area (Å²) in [6, 6.07) is 0. The first-order valence-electron chi connectivity index (χ1n) is 17.1. The van der Waals surface area contributed by atoms with E-state index in [4.69, 9.17) is 0 Å². The van der Waals surface area contributed by atoms with Crippen LogP contribution in [0.4, 0.5) is 0 Å². The van der Waals surface area contributed by atoms with Crippen LogP contribution in [0.25, 0.3) is 0 Å². The van der Waals surface area contributed by atoms with Crippen molar-refractivity contribution in [2.45, 2.75) is 168 Å². The molecule has 0 amide bonds. The molecule has 0 aliphatic heterocycles. The van der Waals surface area contributed by atoms with Crippen LogP contribution in [0, 0.1) is 52.8 Å². The highest BCUT2D eigenvalue weighted by molar-refractivity contribution is 5.05. The predicted molar refractivity (Wildman–Crippen MR) is 153 cm³/mol. The highest BCUT2D eigenvalue weighted by atomic mass is 14.6. The van der Waals surface area contributed by atoms with Crippen LogP contribution in [0.15, 0.2) is 0 Å². The van der Waals surface area contributed by atoms with Gasteiger partial charge in [-0.15, -0.1) is 0 Å². The number of hydrogen-bond donors (Lipinski definition) is 0. The molecule has 6 fully saturated rings. The van der Waals surface area contributed by atoms with Crippen molar-refractivity contribution in [1.29, 1.82) is 0 Å². The maximum absolute atomic E-state index is 2.65. The second-order valence-electron chi connectivity index (χ2n) is 15.3. The van der Waals surface area contributed by atoms with E-state index in [1.165, 1.54) is 64.2 Å². The van der Waals surface area contributed by atoms with Crippen LogP contribution in [0.1, 0.15) is 168 Å². The van der Waals surface area contributed by atoms with Gasteiger partial charge in [-0.05, 0) is 117 Å². The Labute approximate surface area is 220 Å². The van der Waals surface area contributed by atoms with E-state index in [2.05, 4.69) is 13.8 Å². The Kier molecular flexibility index (Phi) is 9.65. The van der Waals surface area contributed by atoms with Crippen LogP contribution in [0.5, 0.6) is 0 Å². The van der Waals surface area contributed by atoms with Crippen LogP contribution in [-0.4, -0.2) is 0 Å². The van der Waals surface area contributed by atoms with Crippen molar-refractivity contribution in [1.82, 2.24) is 0 Å². The van der Waals surface area contributed by atoms with E-state index >= 15 is 0 Å². The minimum Gasteiger partial charge on any atom is -0.0654 e. The van der Waals surface area contributed by atoms with Gasteiger partial charge >= 0.3 is 0 Å². The summed E-state index contributed by atoms with van der Waals surface area (Å²) >= 11 is 0. The molecule has 0 N–H and O–H groups in total. The van der Waals surface area contributed by atoms with Crippen molar-refractivity contribution < 1.29 is 0 Å². The molecule has 6 saturated carbocycles. The summed E-state index contributed by atoms with van der Waals surface area (Å²) in [7, 11) is 0. The second-order valence-corrected chi connectivity index (χ2v) is 15.3. The summed E-state index contributed by atoms with van der Waals surface area (Å²) in [5.74, 6) is 8.70. The lowest BCUT2D eigenvalue weighted by molar-refractivity contribution is -0.0865. The van der Waals surface area contributed by atoms with Gasteiger partial charge in [-0.1, -0.05) is 104 Å². The highest BCUT2D eigenvalue weighted by Gasteiger charge is 2.54. The Bertz CT molecular complexity index is 582. The van der Waals surface area contributed by atoms with E-state index in [1.807, 2.05) is 0 Å². The normalized spacial score (nSPS) is 44.1. The molecule has 0 saturated heterocycles. The first-order chi connectivity index (χ1) is 17.1. The Morgan fingerprint density at radius 1 is 0.571 bits per heavy atom. The Morgan fingerprint density at radius 3 is 1.94 bits per heavy atom. The SMILES string of the molecule is CCCCCCCC1CCCCCCC(C)C(CCC2CCC(C34CC5CC(CC(C5)C3)C4)C2)C1. The fourth-order valence-corrected chi connectivity index (χ4v) is 11.0. The van der Waals surface area contributed by atoms with Crippen molar-refractivity contribution in [2.75, 3.05) is 0 Å². The highest BCUT2D eigenvalue weighted by Crippen LogP contribution is 2.65. The predicted octanol–water partition coefficient (Wildman–Crippen LogP) is 11.4. The van der Waals surface area contributed by atoms with Crippen LogP contribution in [-0.2, 0) is 0 Å².